The highest BCUT2D eigenvalue weighted by Crippen LogP contribution is 2.36. The van der Waals surface area contributed by atoms with Gasteiger partial charge in [0.2, 0.25) is 5.91 Å². The van der Waals surface area contributed by atoms with E-state index in [4.69, 9.17) is 44.3 Å². The molecule has 0 aliphatic rings. The molecule has 0 saturated carbocycles. The fourth-order valence-electron chi connectivity index (χ4n) is 2.45. The number of amides is 1. The first kappa shape index (κ1) is 20.7. The van der Waals surface area contributed by atoms with E-state index in [0.717, 1.165) is 0 Å². The Hall–Kier alpha value is -1.99. The van der Waals surface area contributed by atoms with Gasteiger partial charge in [0.05, 0.1) is 33.6 Å². The molecule has 0 radical (unpaired) electrons. The first-order valence-corrected chi connectivity index (χ1v) is 10.1. The van der Waals surface area contributed by atoms with Crippen molar-refractivity contribution in [3.8, 4) is 11.5 Å². The number of hydrogen-bond acceptors (Lipinski definition) is 5. The minimum absolute atomic E-state index is 0.159. The Labute approximate surface area is 181 Å². The van der Waals surface area contributed by atoms with Crippen LogP contribution in [-0.2, 0) is 11.4 Å². The highest BCUT2D eigenvalue weighted by molar-refractivity contribution is 7.14. The molecule has 1 heterocycles. The van der Waals surface area contributed by atoms with Crippen LogP contribution in [0, 0.1) is 0 Å². The van der Waals surface area contributed by atoms with E-state index in [1.54, 1.807) is 25.3 Å². The number of carbonyl (C=O) groups excluding carboxylic acids is 1. The van der Waals surface area contributed by atoms with Crippen LogP contribution in [0.3, 0.4) is 0 Å². The summed E-state index contributed by atoms with van der Waals surface area (Å²) in [6, 6.07) is 10.3. The number of halogens is 3. The van der Waals surface area contributed by atoms with E-state index in [1.165, 1.54) is 29.2 Å². The summed E-state index contributed by atoms with van der Waals surface area (Å²) < 4.78 is 11.1. The van der Waals surface area contributed by atoms with E-state index in [1.807, 2.05) is 17.5 Å². The molecule has 2 aromatic carbocycles. The largest absolute Gasteiger partial charge is 0.495 e. The van der Waals surface area contributed by atoms with Crippen LogP contribution in [0.2, 0.25) is 15.1 Å². The number of para-hydroxylation sites is 2. The predicted molar refractivity (Wildman–Crippen MR) is 114 cm³/mol. The van der Waals surface area contributed by atoms with Gasteiger partial charge in [-0.25, -0.2) is 4.98 Å². The van der Waals surface area contributed by atoms with E-state index < -0.39 is 0 Å². The van der Waals surface area contributed by atoms with Crippen molar-refractivity contribution in [2.75, 3.05) is 12.0 Å². The second kappa shape index (κ2) is 9.01. The van der Waals surface area contributed by atoms with Crippen molar-refractivity contribution >= 4 is 62.9 Å². The molecule has 3 rings (SSSR count). The van der Waals surface area contributed by atoms with Gasteiger partial charge < -0.3 is 9.47 Å². The van der Waals surface area contributed by atoms with Gasteiger partial charge in [0, 0.05) is 18.4 Å². The number of anilines is 2. The van der Waals surface area contributed by atoms with Gasteiger partial charge in [-0.2, -0.15) is 0 Å². The summed E-state index contributed by atoms with van der Waals surface area (Å²) in [7, 11) is 1.55. The number of nitrogens with zero attached hydrogens (tertiary/aromatic N) is 2. The molecule has 0 fully saturated rings. The topological polar surface area (TPSA) is 51.7 Å². The van der Waals surface area contributed by atoms with Gasteiger partial charge in [0.1, 0.15) is 18.1 Å². The summed E-state index contributed by atoms with van der Waals surface area (Å²) in [6.07, 6.45) is 0. The lowest BCUT2D eigenvalue weighted by Crippen LogP contribution is -2.23. The molecule has 5 nitrogen and oxygen atoms in total. The highest BCUT2D eigenvalue weighted by Gasteiger charge is 2.21. The Morgan fingerprint density at radius 3 is 2.54 bits per heavy atom. The summed E-state index contributed by atoms with van der Waals surface area (Å²) in [5.74, 6) is 0.797. The van der Waals surface area contributed by atoms with Gasteiger partial charge in [0.25, 0.3) is 0 Å². The van der Waals surface area contributed by atoms with Crippen LogP contribution in [-0.4, -0.2) is 18.0 Å². The number of rotatable bonds is 6. The molecule has 0 bridgehead atoms. The van der Waals surface area contributed by atoms with Crippen LogP contribution in [0.15, 0.2) is 41.8 Å². The number of carbonyl (C=O) groups is 1. The maximum absolute atomic E-state index is 12.3. The van der Waals surface area contributed by atoms with Crippen LogP contribution >= 0.6 is 46.1 Å². The van der Waals surface area contributed by atoms with Crippen molar-refractivity contribution in [1.29, 1.82) is 0 Å². The van der Waals surface area contributed by atoms with E-state index in [-0.39, 0.29) is 12.5 Å². The lowest BCUT2D eigenvalue weighted by atomic mass is 10.2. The van der Waals surface area contributed by atoms with Crippen molar-refractivity contribution in [3.63, 3.8) is 0 Å². The Morgan fingerprint density at radius 2 is 1.82 bits per heavy atom. The fraction of sp³-hybridized carbons (Fsp3) is 0.158. The predicted octanol–water partition coefficient (Wildman–Crippen LogP) is 6.38. The molecule has 0 atom stereocenters. The molecule has 3 aromatic rings. The third-order valence-corrected chi connectivity index (χ3v) is 5.61. The number of ether oxygens (including phenoxy) is 2. The third kappa shape index (κ3) is 4.52. The molecular weight excluding hydrogens is 443 g/mol. The number of aromatic nitrogens is 1. The molecule has 146 valence electrons. The molecule has 0 N–H and O–H groups in total. The number of benzene rings is 2. The van der Waals surface area contributed by atoms with E-state index in [2.05, 4.69) is 4.98 Å². The standard InChI is InChI=1S/C19H15Cl3N2O3S/c1-11(25)24(16-5-3-4-6-17(16)26-2)19-23-12(10-28-19)9-27-18-8-14(21)13(20)7-15(18)22/h3-8,10H,9H2,1-2H3. The second-order valence-corrected chi connectivity index (χ2v) is 7.69. The Kier molecular flexibility index (Phi) is 6.67. The van der Waals surface area contributed by atoms with Crippen LogP contribution < -0.4 is 14.4 Å². The Morgan fingerprint density at radius 1 is 1.11 bits per heavy atom. The molecule has 28 heavy (non-hydrogen) atoms. The summed E-state index contributed by atoms with van der Waals surface area (Å²) in [5.41, 5.74) is 1.26. The molecule has 0 saturated heterocycles. The van der Waals surface area contributed by atoms with E-state index >= 15 is 0 Å². The van der Waals surface area contributed by atoms with Crippen LogP contribution in [0.25, 0.3) is 0 Å². The Bertz CT molecular complexity index is 1010. The molecule has 1 aromatic heterocycles. The van der Waals surface area contributed by atoms with E-state index in [9.17, 15) is 4.79 Å². The molecule has 1 amide bonds. The van der Waals surface area contributed by atoms with Crippen molar-refractivity contribution < 1.29 is 14.3 Å². The smallest absolute Gasteiger partial charge is 0.230 e. The molecule has 0 aliphatic carbocycles. The normalized spacial score (nSPS) is 10.6. The van der Waals surface area contributed by atoms with Gasteiger partial charge in [-0.05, 0) is 18.2 Å². The zero-order valence-corrected chi connectivity index (χ0v) is 18.0. The quantitative estimate of drug-likeness (QED) is 0.403. The van der Waals surface area contributed by atoms with Crippen LogP contribution in [0.5, 0.6) is 11.5 Å². The monoisotopic (exact) mass is 456 g/mol. The lowest BCUT2D eigenvalue weighted by molar-refractivity contribution is -0.115. The minimum atomic E-state index is -0.182. The SMILES string of the molecule is COc1ccccc1N(C(C)=O)c1nc(COc2cc(Cl)c(Cl)cc2Cl)cs1. The number of thiazole rings is 1. The highest BCUT2D eigenvalue weighted by atomic mass is 35.5. The van der Waals surface area contributed by atoms with Crippen molar-refractivity contribution in [2.45, 2.75) is 13.5 Å². The summed E-state index contributed by atoms with van der Waals surface area (Å²) >= 11 is 19.4. The fourth-order valence-corrected chi connectivity index (χ4v) is 3.91. The maximum atomic E-state index is 12.3. The summed E-state index contributed by atoms with van der Waals surface area (Å²) in [5, 5.41) is 3.37. The molecular formula is C19H15Cl3N2O3S. The van der Waals surface area contributed by atoms with Gasteiger partial charge >= 0.3 is 0 Å². The van der Waals surface area contributed by atoms with Gasteiger partial charge in [0.15, 0.2) is 5.13 Å². The number of methoxy groups -OCH3 is 1. The van der Waals surface area contributed by atoms with E-state index in [0.29, 0.717) is 43.1 Å². The second-order valence-electron chi connectivity index (χ2n) is 5.63. The van der Waals surface area contributed by atoms with Crippen molar-refractivity contribution in [3.05, 3.63) is 62.5 Å². The van der Waals surface area contributed by atoms with Gasteiger partial charge in [-0.3, -0.25) is 9.69 Å². The Balaban J connectivity index is 1.82. The summed E-state index contributed by atoms with van der Waals surface area (Å²) in [6.45, 7) is 1.63. The molecule has 0 spiro atoms. The maximum Gasteiger partial charge on any atom is 0.230 e. The van der Waals surface area contributed by atoms with Gasteiger partial charge in [-0.15, -0.1) is 11.3 Å². The first-order chi connectivity index (χ1) is 13.4. The average molecular weight is 458 g/mol. The zero-order chi connectivity index (χ0) is 20.3. The zero-order valence-electron chi connectivity index (χ0n) is 14.9. The van der Waals surface area contributed by atoms with Crippen molar-refractivity contribution in [2.24, 2.45) is 0 Å². The minimum Gasteiger partial charge on any atom is -0.495 e. The average Bonchev–Trinajstić information content (AvgIpc) is 3.12. The lowest BCUT2D eigenvalue weighted by Gasteiger charge is -2.20. The molecule has 0 aliphatic heterocycles. The first-order valence-electron chi connectivity index (χ1n) is 8.06. The number of hydrogen-bond donors (Lipinski definition) is 0. The van der Waals surface area contributed by atoms with Crippen LogP contribution in [0.4, 0.5) is 10.8 Å². The summed E-state index contributed by atoms with van der Waals surface area (Å²) in [4.78, 5) is 18.3. The van der Waals surface area contributed by atoms with Crippen molar-refractivity contribution in [1.82, 2.24) is 4.98 Å². The van der Waals surface area contributed by atoms with Gasteiger partial charge in [-0.1, -0.05) is 46.9 Å². The molecule has 0 unspecified atom stereocenters. The van der Waals surface area contributed by atoms with Crippen LogP contribution in [0.1, 0.15) is 12.6 Å². The molecule has 9 heteroatoms. The third-order valence-electron chi connectivity index (χ3n) is 3.72.